The minimum atomic E-state index is -1.13. The molecule has 2 saturated carbocycles. The number of anilines is 1. The van der Waals surface area contributed by atoms with Crippen molar-refractivity contribution in [2.24, 2.45) is 5.92 Å². The molecule has 2 unspecified atom stereocenters. The molecule has 1 aromatic heterocycles. The van der Waals surface area contributed by atoms with Gasteiger partial charge in [-0.05, 0) is 55.4 Å². The summed E-state index contributed by atoms with van der Waals surface area (Å²) in [4.78, 5) is 15.4. The highest BCUT2D eigenvalue weighted by Crippen LogP contribution is 2.55. The van der Waals surface area contributed by atoms with Gasteiger partial charge in [0.2, 0.25) is 0 Å². The van der Waals surface area contributed by atoms with Crippen molar-refractivity contribution in [2.45, 2.75) is 62.6 Å². The fourth-order valence-corrected chi connectivity index (χ4v) is 6.83. The lowest BCUT2D eigenvalue weighted by Crippen LogP contribution is -2.65. The Kier molecular flexibility index (Phi) is 5.27. The Morgan fingerprint density at radius 1 is 0.971 bits per heavy atom. The van der Waals surface area contributed by atoms with Gasteiger partial charge in [0, 0.05) is 35.1 Å². The number of benzene rings is 2. The SMILES string of the molecule is Cc1[nH]n(-c2ccccc2)c(=O)c1C1C([O-])C(C=C2N(C)c3ccccc3C23CCCCC3)C1[O-]. The highest BCUT2D eigenvalue weighted by atomic mass is 16.3. The number of H-pyrrole nitrogens is 1. The smallest absolute Gasteiger partial charge is 0.274 e. The predicted molar refractivity (Wildman–Crippen MR) is 133 cm³/mol. The molecular formula is C29H31N3O3-2. The van der Waals surface area contributed by atoms with E-state index < -0.39 is 24.0 Å². The highest BCUT2D eigenvalue weighted by Gasteiger charge is 2.48. The van der Waals surface area contributed by atoms with Crippen LogP contribution in [0, 0.1) is 12.8 Å². The summed E-state index contributed by atoms with van der Waals surface area (Å²) in [5, 5.41) is 30.1. The summed E-state index contributed by atoms with van der Waals surface area (Å²) in [7, 11) is 2.05. The maximum atomic E-state index is 13.5. The van der Waals surface area contributed by atoms with Crippen molar-refractivity contribution in [3.63, 3.8) is 0 Å². The summed E-state index contributed by atoms with van der Waals surface area (Å²) < 4.78 is 1.44. The molecule has 2 aliphatic carbocycles. The molecule has 0 saturated heterocycles. The van der Waals surface area contributed by atoms with Gasteiger partial charge in [0.25, 0.3) is 5.56 Å². The molecule has 2 atom stereocenters. The maximum Gasteiger partial charge on any atom is 0.274 e. The molecule has 6 nitrogen and oxygen atoms in total. The van der Waals surface area contributed by atoms with Crippen molar-refractivity contribution < 1.29 is 10.2 Å². The van der Waals surface area contributed by atoms with Crippen molar-refractivity contribution in [1.29, 1.82) is 0 Å². The van der Waals surface area contributed by atoms with Crippen LogP contribution in [0.2, 0.25) is 0 Å². The minimum Gasteiger partial charge on any atom is -0.851 e. The fourth-order valence-electron chi connectivity index (χ4n) is 6.83. The number of likely N-dealkylation sites (N-methyl/N-ethyl adjacent to an activating group) is 1. The quantitative estimate of drug-likeness (QED) is 0.639. The van der Waals surface area contributed by atoms with Crippen LogP contribution in [0.1, 0.15) is 54.8 Å². The first-order valence-electron chi connectivity index (χ1n) is 12.7. The average Bonchev–Trinajstić information content (AvgIpc) is 3.30. The van der Waals surface area contributed by atoms with Gasteiger partial charge < -0.3 is 15.1 Å². The average molecular weight is 470 g/mol. The van der Waals surface area contributed by atoms with Gasteiger partial charge in [-0.15, -0.1) is 12.2 Å². The van der Waals surface area contributed by atoms with Gasteiger partial charge in [-0.3, -0.25) is 9.89 Å². The van der Waals surface area contributed by atoms with Gasteiger partial charge in [0.15, 0.2) is 0 Å². The van der Waals surface area contributed by atoms with E-state index in [4.69, 9.17) is 0 Å². The molecule has 0 bridgehead atoms. The zero-order valence-electron chi connectivity index (χ0n) is 20.2. The lowest BCUT2D eigenvalue weighted by Gasteiger charge is -2.60. The number of fused-ring (bicyclic) bond motifs is 2. The Labute approximate surface area is 205 Å². The fraction of sp³-hybridized carbons (Fsp3) is 0.414. The topological polar surface area (TPSA) is 87.1 Å². The molecule has 0 radical (unpaired) electrons. The van der Waals surface area contributed by atoms with Gasteiger partial charge in [0.05, 0.1) is 5.69 Å². The monoisotopic (exact) mass is 469 g/mol. The summed E-state index contributed by atoms with van der Waals surface area (Å²) in [6, 6.07) is 17.7. The van der Waals surface area contributed by atoms with Crippen LogP contribution in [-0.2, 0) is 5.41 Å². The maximum absolute atomic E-state index is 13.5. The number of allylic oxidation sites excluding steroid dienone is 1. The number of para-hydroxylation sites is 2. The van der Waals surface area contributed by atoms with E-state index in [1.165, 1.54) is 22.4 Å². The number of hydrogen-bond acceptors (Lipinski definition) is 4. The Hall–Kier alpha value is -3.09. The van der Waals surface area contributed by atoms with Gasteiger partial charge >= 0.3 is 0 Å². The molecule has 2 heterocycles. The number of aryl methyl sites for hydroxylation is 1. The van der Waals surface area contributed by atoms with Crippen LogP contribution in [0.5, 0.6) is 0 Å². The largest absolute Gasteiger partial charge is 0.851 e. The van der Waals surface area contributed by atoms with Crippen molar-refractivity contribution in [2.75, 3.05) is 11.9 Å². The second-order valence-corrected chi connectivity index (χ2v) is 10.4. The summed E-state index contributed by atoms with van der Waals surface area (Å²) in [5.41, 5.74) is 4.84. The Morgan fingerprint density at radius 2 is 1.63 bits per heavy atom. The normalized spacial score (nSPS) is 28.3. The number of aromatic nitrogens is 2. The molecule has 2 fully saturated rings. The molecule has 1 N–H and O–H groups in total. The first kappa shape index (κ1) is 22.4. The van der Waals surface area contributed by atoms with E-state index in [2.05, 4.69) is 35.2 Å². The third-order valence-electron chi connectivity index (χ3n) is 8.62. The van der Waals surface area contributed by atoms with Gasteiger partial charge in [0.1, 0.15) is 0 Å². The molecule has 2 aromatic carbocycles. The van der Waals surface area contributed by atoms with Crippen molar-refractivity contribution in [3.05, 3.63) is 93.5 Å². The van der Waals surface area contributed by atoms with E-state index in [9.17, 15) is 15.0 Å². The number of hydrogen-bond donors (Lipinski definition) is 1. The Balaban J connectivity index is 1.35. The lowest BCUT2D eigenvalue weighted by atomic mass is 9.63. The molecule has 6 heteroatoms. The number of nitrogens with one attached hydrogen (secondary N) is 1. The van der Waals surface area contributed by atoms with Crippen molar-refractivity contribution in [1.82, 2.24) is 9.78 Å². The molecule has 182 valence electrons. The van der Waals surface area contributed by atoms with Crippen molar-refractivity contribution >= 4 is 5.69 Å². The molecule has 1 spiro atoms. The van der Waals surface area contributed by atoms with E-state index >= 15 is 0 Å². The lowest BCUT2D eigenvalue weighted by molar-refractivity contribution is -0.543. The highest BCUT2D eigenvalue weighted by molar-refractivity contribution is 5.70. The molecule has 3 aromatic rings. The summed E-state index contributed by atoms with van der Waals surface area (Å²) in [6.45, 7) is 1.78. The molecular weight excluding hydrogens is 438 g/mol. The van der Waals surface area contributed by atoms with Crippen LogP contribution in [0.3, 0.4) is 0 Å². The summed E-state index contributed by atoms with van der Waals surface area (Å²) in [5.74, 6) is -1.47. The number of aromatic amines is 1. The van der Waals surface area contributed by atoms with Crippen LogP contribution < -0.4 is 20.7 Å². The predicted octanol–water partition coefficient (Wildman–Crippen LogP) is 2.88. The van der Waals surface area contributed by atoms with Crippen molar-refractivity contribution in [3.8, 4) is 5.69 Å². The number of nitrogens with zero attached hydrogens (tertiary/aromatic N) is 2. The van der Waals surface area contributed by atoms with Crippen LogP contribution in [0.15, 0.2) is 71.2 Å². The Morgan fingerprint density at radius 3 is 2.34 bits per heavy atom. The van der Waals surface area contributed by atoms with E-state index in [0.29, 0.717) is 16.9 Å². The zero-order chi connectivity index (χ0) is 24.3. The molecule has 35 heavy (non-hydrogen) atoms. The van der Waals surface area contributed by atoms with Crippen LogP contribution >= 0.6 is 0 Å². The van der Waals surface area contributed by atoms with E-state index in [1.807, 2.05) is 42.5 Å². The van der Waals surface area contributed by atoms with E-state index in [1.54, 1.807) is 6.92 Å². The summed E-state index contributed by atoms with van der Waals surface area (Å²) in [6.07, 6.45) is 5.33. The van der Waals surface area contributed by atoms with Gasteiger partial charge in [-0.2, -0.15) is 0 Å². The van der Waals surface area contributed by atoms with Crippen LogP contribution in [0.25, 0.3) is 5.69 Å². The van der Waals surface area contributed by atoms with Gasteiger partial charge in [-0.25, -0.2) is 4.68 Å². The molecule has 0 amide bonds. The zero-order valence-corrected chi connectivity index (χ0v) is 20.2. The van der Waals surface area contributed by atoms with Crippen LogP contribution in [-0.4, -0.2) is 29.0 Å². The van der Waals surface area contributed by atoms with E-state index in [0.717, 1.165) is 31.4 Å². The molecule has 1 aliphatic heterocycles. The second kappa shape index (κ2) is 8.25. The molecule has 3 aliphatic rings. The standard InChI is InChI=1S/C29H31N3O3/c1-18-24(28(35)32(30-18)19-11-5-3-6-12-19)25-26(33)20(27(25)34)17-23-29(15-9-4-10-16-29)21-13-7-8-14-22(21)31(23)2/h3,5-8,11-14,17,20,25-27,30H,4,9-10,15-16H2,1-2H3/q-2. The second-order valence-electron chi connectivity index (χ2n) is 10.4. The van der Waals surface area contributed by atoms with E-state index in [-0.39, 0.29) is 11.0 Å². The summed E-state index contributed by atoms with van der Waals surface area (Å²) >= 11 is 0. The molecule has 6 rings (SSSR count). The van der Waals surface area contributed by atoms with Gasteiger partial charge in [-0.1, -0.05) is 61.7 Å². The van der Waals surface area contributed by atoms with Crippen LogP contribution in [0.4, 0.5) is 5.69 Å². The Bertz CT molecular complexity index is 1320. The minimum absolute atomic E-state index is 0.113. The first-order chi connectivity index (χ1) is 16.9. The number of rotatable bonds is 3. The third-order valence-corrected chi connectivity index (χ3v) is 8.62. The first-order valence-corrected chi connectivity index (χ1v) is 12.7. The third kappa shape index (κ3) is 3.20.